The maximum atomic E-state index is 12.4. The summed E-state index contributed by atoms with van der Waals surface area (Å²) in [4.78, 5) is 12.9. The first-order valence-corrected chi connectivity index (χ1v) is 6.95. The third-order valence-corrected chi connectivity index (χ3v) is 4.06. The Morgan fingerprint density at radius 3 is 2.32 bits per heavy atom. The molecule has 0 saturated heterocycles. The molecule has 1 aliphatic carbocycles. The minimum atomic E-state index is -1.64. The van der Waals surface area contributed by atoms with Gasteiger partial charge in [-0.05, 0) is 17.2 Å². The summed E-state index contributed by atoms with van der Waals surface area (Å²) < 4.78 is 11.6. The van der Waals surface area contributed by atoms with E-state index >= 15 is 0 Å². The van der Waals surface area contributed by atoms with Gasteiger partial charge in [-0.2, -0.15) is 0 Å². The van der Waals surface area contributed by atoms with Crippen molar-refractivity contribution in [2.75, 3.05) is 0 Å². The van der Waals surface area contributed by atoms with Crippen LogP contribution >= 0.6 is 0 Å². The summed E-state index contributed by atoms with van der Waals surface area (Å²) in [5, 5.41) is 5.49. The Morgan fingerprint density at radius 1 is 1.00 bits per heavy atom. The molecule has 1 atom stereocenters. The number of carbonyl (C=O) groups excluding carboxylic acids is 1. The number of fused-ring (bicyclic) bond motifs is 2. The van der Waals surface area contributed by atoms with Crippen LogP contribution in [0, 0.1) is 0 Å². The van der Waals surface area contributed by atoms with E-state index in [0.29, 0.717) is 27.2 Å². The summed E-state index contributed by atoms with van der Waals surface area (Å²) in [7, 11) is 0. The average molecular weight is 269 g/mol. The van der Waals surface area contributed by atoms with E-state index in [4.69, 9.17) is 5.14 Å². The summed E-state index contributed by atoms with van der Waals surface area (Å²) in [5.74, 6) is -0.0784. The second-order valence-electron chi connectivity index (χ2n) is 4.33. The van der Waals surface area contributed by atoms with E-state index < -0.39 is 11.4 Å². The number of hydrogen-bond acceptors (Lipinski definition) is 3. The largest absolute Gasteiger partial charge is 0.593 e. The average Bonchev–Trinajstić information content (AvgIpc) is 2.44. The number of rotatable bonds is 1. The summed E-state index contributed by atoms with van der Waals surface area (Å²) in [6, 6.07) is 12.4. The molecule has 2 aromatic carbocycles. The third-order valence-electron chi connectivity index (χ3n) is 3.29. The zero-order valence-electron chi connectivity index (χ0n) is 10.1. The molecule has 2 N–H and O–H groups in total. The van der Waals surface area contributed by atoms with Crippen LogP contribution in [0.25, 0.3) is 5.57 Å². The summed E-state index contributed by atoms with van der Waals surface area (Å²) in [6.07, 6.45) is 0. The normalized spacial score (nSPS) is 14.8. The fourth-order valence-electron chi connectivity index (χ4n) is 2.42. The minimum Gasteiger partial charge on any atom is -0.593 e. The second-order valence-corrected chi connectivity index (χ2v) is 5.36. The van der Waals surface area contributed by atoms with Crippen molar-refractivity contribution >= 4 is 22.7 Å². The number of ketones is 1. The highest BCUT2D eigenvalue weighted by Gasteiger charge is 2.30. The predicted molar refractivity (Wildman–Crippen MR) is 75.0 cm³/mol. The SMILES string of the molecule is C=C1c2ccccc2C(=O)c2cccc([S+](N)[O-])c21. The lowest BCUT2D eigenvalue weighted by molar-refractivity contribution is 0.103. The van der Waals surface area contributed by atoms with Gasteiger partial charge in [-0.25, -0.2) is 0 Å². The molecule has 0 amide bonds. The molecule has 94 valence electrons. The Bertz CT molecular complexity index is 707. The van der Waals surface area contributed by atoms with Gasteiger partial charge in [0, 0.05) is 11.1 Å². The van der Waals surface area contributed by atoms with Gasteiger partial charge in [-0.1, -0.05) is 43.0 Å². The Labute approximate surface area is 114 Å². The van der Waals surface area contributed by atoms with Crippen molar-refractivity contribution in [1.29, 1.82) is 0 Å². The molecular formula is C15H11NO2S. The summed E-state index contributed by atoms with van der Waals surface area (Å²) in [6.45, 7) is 4.03. The number of hydrogen-bond donors (Lipinski definition) is 1. The number of nitrogens with two attached hydrogens (primary N) is 1. The van der Waals surface area contributed by atoms with Crippen molar-refractivity contribution in [2.45, 2.75) is 4.90 Å². The maximum Gasteiger partial charge on any atom is 0.194 e. The van der Waals surface area contributed by atoms with Gasteiger partial charge in [0.1, 0.15) is 0 Å². The Kier molecular flexibility index (Phi) is 2.78. The van der Waals surface area contributed by atoms with Crippen LogP contribution in [0.3, 0.4) is 0 Å². The van der Waals surface area contributed by atoms with Gasteiger partial charge >= 0.3 is 0 Å². The topological polar surface area (TPSA) is 66.2 Å². The molecule has 3 nitrogen and oxygen atoms in total. The molecule has 0 bridgehead atoms. The molecule has 19 heavy (non-hydrogen) atoms. The quantitative estimate of drug-likeness (QED) is 0.689. The van der Waals surface area contributed by atoms with E-state index in [-0.39, 0.29) is 5.78 Å². The molecule has 0 saturated carbocycles. The summed E-state index contributed by atoms with van der Waals surface area (Å²) >= 11 is -1.64. The fraction of sp³-hybridized carbons (Fsp3) is 0. The lowest BCUT2D eigenvalue weighted by Gasteiger charge is -2.22. The van der Waals surface area contributed by atoms with Gasteiger partial charge in [-0.15, -0.1) is 5.14 Å². The van der Waals surface area contributed by atoms with Gasteiger partial charge in [-0.3, -0.25) is 4.79 Å². The van der Waals surface area contributed by atoms with Gasteiger partial charge in [0.05, 0.1) is 16.9 Å². The van der Waals surface area contributed by atoms with E-state index in [1.54, 1.807) is 24.3 Å². The van der Waals surface area contributed by atoms with Crippen molar-refractivity contribution in [3.63, 3.8) is 0 Å². The van der Waals surface area contributed by atoms with Crippen molar-refractivity contribution in [2.24, 2.45) is 5.14 Å². The Balaban J connectivity index is 2.33. The van der Waals surface area contributed by atoms with Gasteiger partial charge < -0.3 is 4.55 Å². The fourth-order valence-corrected chi connectivity index (χ4v) is 3.07. The van der Waals surface area contributed by atoms with E-state index in [1.807, 2.05) is 18.2 Å². The van der Waals surface area contributed by atoms with Crippen LogP contribution < -0.4 is 5.14 Å². The molecule has 1 aliphatic rings. The van der Waals surface area contributed by atoms with Crippen molar-refractivity contribution in [3.8, 4) is 0 Å². The molecule has 0 spiro atoms. The lowest BCUT2D eigenvalue weighted by Crippen LogP contribution is -2.20. The molecule has 0 aromatic heterocycles. The van der Waals surface area contributed by atoms with Gasteiger partial charge in [0.15, 0.2) is 10.7 Å². The van der Waals surface area contributed by atoms with Crippen molar-refractivity contribution in [3.05, 3.63) is 71.3 Å². The highest BCUT2D eigenvalue weighted by atomic mass is 32.2. The van der Waals surface area contributed by atoms with Crippen molar-refractivity contribution < 1.29 is 9.35 Å². The van der Waals surface area contributed by atoms with Crippen molar-refractivity contribution in [1.82, 2.24) is 0 Å². The van der Waals surface area contributed by atoms with Crippen LogP contribution in [0.4, 0.5) is 0 Å². The van der Waals surface area contributed by atoms with E-state index in [0.717, 1.165) is 5.56 Å². The van der Waals surface area contributed by atoms with Crippen LogP contribution in [0.15, 0.2) is 53.9 Å². The zero-order chi connectivity index (χ0) is 13.6. The first kappa shape index (κ1) is 12.2. The molecule has 2 aromatic rings. The maximum absolute atomic E-state index is 12.4. The monoisotopic (exact) mass is 269 g/mol. The number of carbonyl (C=O) groups is 1. The molecule has 1 unspecified atom stereocenters. The Morgan fingerprint density at radius 2 is 1.63 bits per heavy atom. The van der Waals surface area contributed by atoms with Crippen LogP contribution in [-0.2, 0) is 11.4 Å². The Hall–Kier alpha value is -1.88. The lowest BCUT2D eigenvalue weighted by atomic mass is 9.82. The van der Waals surface area contributed by atoms with Crippen LogP contribution in [0.5, 0.6) is 0 Å². The predicted octanol–water partition coefficient (Wildman–Crippen LogP) is 2.27. The molecule has 0 heterocycles. The smallest absolute Gasteiger partial charge is 0.194 e. The molecule has 0 fully saturated rings. The number of benzene rings is 2. The molecular weight excluding hydrogens is 258 g/mol. The highest BCUT2D eigenvalue weighted by Crippen LogP contribution is 2.37. The van der Waals surface area contributed by atoms with Crippen LogP contribution in [0.1, 0.15) is 27.0 Å². The minimum absolute atomic E-state index is 0.0784. The molecule has 4 heteroatoms. The third kappa shape index (κ3) is 1.73. The summed E-state index contributed by atoms with van der Waals surface area (Å²) in [5.41, 5.74) is 3.21. The first-order valence-electron chi connectivity index (χ1n) is 5.74. The second kappa shape index (κ2) is 4.35. The highest BCUT2D eigenvalue weighted by molar-refractivity contribution is 7.89. The molecule has 0 aliphatic heterocycles. The van der Waals surface area contributed by atoms with E-state index in [1.165, 1.54) is 0 Å². The molecule has 3 rings (SSSR count). The standard InChI is InChI=1S/C15H11NO2S/c1-9-10-5-2-3-6-11(10)15(17)12-7-4-8-13(14(9)12)19(16)18/h2-8H,1,16H2. The van der Waals surface area contributed by atoms with Crippen LogP contribution in [0.2, 0.25) is 0 Å². The van der Waals surface area contributed by atoms with E-state index in [9.17, 15) is 9.35 Å². The van der Waals surface area contributed by atoms with E-state index in [2.05, 4.69) is 6.58 Å². The van der Waals surface area contributed by atoms with Gasteiger partial charge in [0.25, 0.3) is 0 Å². The first-order chi connectivity index (χ1) is 9.11. The van der Waals surface area contributed by atoms with Crippen LogP contribution in [-0.4, -0.2) is 10.3 Å². The zero-order valence-corrected chi connectivity index (χ0v) is 10.9. The van der Waals surface area contributed by atoms with Gasteiger partial charge in [0.2, 0.25) is 0 Å². The molecule has 0 radical (unpaired) electrons.